The molecule has 90 valence electrons. The molecule has 0 spiro atoms. The standard InChI is InChI=1S/C15H23Br/c1-5-15(6-2,11-16)10-14-8-12(3)7-13(4)9-14/h7-9H,5-6,10-11H2,1-4H3. The fourth-order valence-electron chi connectivity index (χ4n) is 2.34. The third-order valence-corrected chi connectivity index (χ3v) is 4.83. The molecule has 0 bridgehead atoms. The predicted molar refractivity (Wildman–Crippen MR) is 76.4 cm³/mol. The van der Waals surface area contributed by atoms with Crippen molar-refractivity contribution in [2.75, 3.05) is 5.33 Å². The van der Waals surface area contributed by atoms with Gasteiger partial charge in [0.1, 0.15) is 0 Å². The molecule has 0 aliphatic carbocycles. The zero-order valence-electron chi connectivity index (χ0n) is 10.9. The Hall–Kier alpha value is -0.300. The molecule has 1 heteroatoms. The number of aryl methyl sites for hydroxylation is 2. The van der Waals surface area contributed by atoms with Gasteiger partial charge in [0.2, 0.25) is 0 Å². The Morgan fingerprint density at radius 2 is 1.50 bits per heavy atom. The molecule has 0 saturated heterocycles. The largest absolute Gasteiger partial charge is 0.0922 e. The summed E-state index contributed by atoms with van der Waals surface area (Å²) in [5.74, 6) is 0. The van der Waals surface area contributed by atoms with Crippen LogP contribution in [0.3, 0.4) is 0 Å². The lowest BCUT2D eigenvalue weighted by Gasteiger charge is -2.30. The predicted octanol–water partition coefficient (Wildman–Crippen LogP) is 5.05. The molecule has 0 heterocycles. The van der Waals surface area contributed by atoms with Gasteiger partial charge in [-0.3, -0.25) is 0 Å². The van der Waals surface area contributed by atoms with Crippen LogP contribution in [0.5, 0.6) is 0 Å². The van der Waals surface area contributed by atoms with Crippen LogP contribution in [0.2, 0.25) is 0 Å². The first-order valence-electron chi connectivity index (χ1n) is 6.18. The molecule has 0 radical (unpaired) electrons. The van der Waals surface area contributed by atoms with E-state index in [4.69, 9.17) is 0 Å². The van der Waals surface area contributed by atoms with Crippen LogP contribution in [0, 0.1) is 19.3 Å². The van der Waals surface area contributed by atoms with Crippen molar-refractivity contribution in [2.24, 2.45) is 5.41 Å². The molecule has 0 unspecified atom stereocenters. The maximum Gasteiger partial charge on any atom is 0.00909 e. The zero-order chi connectivity index (χ0) is 12.2. The van der Waals surface area contributed by atoms with Gasteiger partial charge in [-0.25, -0.2) is 0 Å². The fraction of sp³-hybridized carbons (Fsp3) is 0.600. The van der Waals surface area contributed by atoms with Crippen LogP contribution in [0.25, 0.3) is 0 Å². The Balaban J connectivity index is 2.93. The summed E-state index contributed by atoms with van der Waals surface area (Å²) in [5, 5.41) is 1.10. The summed E-state index contributed by atoms with van der Waals surface area (Å²) in [4.78, 5) is 0. The maximum absolute atomic E-state index is 3.69. The summed E-state index contributed by atoms with van der Waals surface area (Å²) in [6, 6.07) is 6.91. The molecule has 0 saturated carbocycles. The van der Waals surface area contributed by atoms with Gasteiger partial charge in [-0.05, 0) is 44.1 Å². The second-order valence-electron chi connectivity index (χ2n) is 5.01. The molecule has 0 amide bonds. The van der Waals surface area contributed by atoms with Crippen LogP contribution in [-0.2, 0) is 6.42 Å². The molecule has 0 aromatic heterocycles. The van der Waals surface area contributed by atoms with Crippen molar-refractivity contribution < 1.29 is 0 Å². The second kappa shape index (κ2) is 5.86. The van der Waals surface area contributed by atoms with E-state index in [0.29, 0.717) is 5.41 Å². The van der Waals surface area contributed by atoms with Crippen molar-refractivity contribution in [3.63, 3.8) is 0 Å². The number of halogens is 1. The first-order valence-corrected chi connectivity index (χ1v) is 7.30. The van der Waals surface area contributed by atoms with E-state index >= 15 is 0 Å². The quantitative estimate of drug-likeness (QED) is 0.663. The normalized spacial score (nSPS) is 11.8. The molecule has 0 nitrogen and oxygen atoms in total. The molecule has 0 fully saturated rings. The third kappa shape index (κ3) is 3.35. The highest BCUT2D eigenvalue weighted by molar-refractivity contribution is 9.09. The lowest BCUT2D eigenvalue weighted by atomic mass is 9.78. The van der Waals surface area contributed by atoms with Gasteiger partial charge >= 0.3 is 0 Å². The highest BCUT2D eigenvalue weighted by atomic mass is 79.9. The van der Waals surface area contributed by atoms with Crippen LogP contribution in [0.4, 0.5) is 0 Å². The van der Waals surface area contributed by atoms with Gasteiger partial charge in [0.05, 0.1) is 0 Å². The third-order valence-electron chi connectivity index (χ3n) is 3.64. The number of alkyl halides is 1. The summed E-state index contributed by atoms with van der Waals surface area (Å²) >= 11 is 3.69. The van der Waals surface area contributed by atoms with E-state index < -0.39 is 0 Å². The molecular formula is C15H23Br. The molecule has 1 aromatic carbocycles. The zero-order valence-corrected chi connectivity index (χ0v) is 12.5. The van der Waals surface area contributed by atoms with Gasteiger partial charge in [-0.15, -0.1) is 0 Å². The molecule has 0 N–H and O–H groups in total. The van der Waals surface area contributed by atoms with Gasteiger partial charge in [-0.2, -0.15) is 0 Å². The average Bonchev–Trinajstić information content (AvgIpc) is 2.25. The van der Waals surface area contributed by atoms with Crippen LogP contribution in [0.15, 0.2) is 18.2 Å². The van der Waals surface area contributed by atoms with Crippen molar-refractivity contribution >= 4 is 15.9 Å². The Morgan fingerprint density at radius 3 is 1.88 bits per heavy atom. The van der Waals surface area contributed by atoms with E-state index in [1.807, 2.05) is 0 Å². The van der Waals surface area contributed by atoms with Crippen molar-refractivity contribution in [2.45, 2.75) is 47.0 Å². The highest BCUT2D eigenvalue weighted by Crippen LogP contribution is 2.33. The van der Waals surface area contributed by atoms with Gasteiger partial charge < -0.3 is 0 Å². The molecule has 16 heavy (non-hydrogen) atoms. The van der Waals surface area contributed by atoms with E-state index in [-0.39, 0.29) is 0 Å². The minimum absolute atomic E-state index is 0.431. The van der Waals surface area contributed by atoms with Crippen LogP contribution < -0.4 is 0 Å². The van der Waals surface area contributed by atoms with Crippen molar-refractivity contribution in [1.82, 2.24) is 0 Å². The summed E-state index contributed by atoms with van der Waals surface area (Å²) in [6.07, 6.45) is 3.66. The Bertz CT molecular complexity index is 309. The first kappa shape index (κ1) is 13.8. The minimum Gasteiger partial charge on any atom is -0.0922 e. The smallest absolute Gasteiger partial charge is 0.00909 e. The molecule has 1 aromatic rings. The number of hydrogen-bond acceptors (Lipinski definition) is 0. The summed E-state index contributed by atoms with van der Waals surface area (Å²) in [5.41, 5.74) is 4.68. The van der Waals surface area contributed by atoms with Gasteiger partial charge in [0, 0.05) is 5.33 Å². The molecule has 0 aliphatic rings. The molecule has 0 aliphatic heterocycles. The fourth-order valence-corrected chi connectivity index (χ4v) is 3.33. The topological polar surface area (TPSA) is 0 Å². The minimum atomic E-state index is 0.431. The van der Waals surface area contributed by atoms with E-state index in [1.54, 1.807) is 0 Å². The van der Waals surface area contributed by atoms with Gasteiger partial charge in [-0.1, -0.05) is 59.1 Å². The van der Waals surface area contributed by atoms with Crippen molar-refractivity contribution in [1.29, 1.82) is 0 Å². The molecular weight excluding hydrogens is 260 g/mol. The van der Waals surface area contributed by atoms with Crippen LogP contribution in [0.1, 0.15) is 43.4 Å². The van der Waals surface area contributed by atoms with E-state index in [1.165, 1.54) is 36.0 Å². The van der Waals surface area contributed by atoms with Crippen molar-refractivity contribution in [3.05, 3.63) is 34.9 Å². The summed E-state index contributed by atoms with van der Waals surface area (Å²) < 4.78 is 0. The lowest BCUT2D eigenvalue weighted by Crippen LogP contribution is -2.23. The Labute approximate surface area is 109 Å². The second-order valence-corrected chi connectivity index (χ2v) is 5.57. The van der Waals surface area contributed by atoms with Crippen LogP contribution in [-0.4, -0.2) is 5.33 Å². The Kier molecular flexibility index (Phi) is 5.04. The van der Waals surface area contributed by atoms with Crippen LogP contribution >= 0.6 is 15.9 Å². The lowest BCUT2D eigenvalue weighted by molar-refractivity contribution is 0.307. The monoisotopic (exact) mass is 282 g/mol. The highest BCUT2D eigenvalue weighted by Gasteiger charge is 2.25. The van der Waals surface area contributed by atoms with E-state index in [9.17, 15) is 0 Å². The number of rotatable bonds is 5. The maximum atomic E-state index is 3.69. The SMILES string of the molecule is CCC(CC)(CBr)Cc1cc(C)cc(C)c1. The summed E-state index contributed by atoms with van der Waals surface area (Å²) in [6.45, 7) is 8.97. The number of hydrogen-bond donors (Lipinski definition) is 0. The van der Waals surface area contributed by atoms with E-state index in [0.717, 1.165) is 5.33 Å². The molecule has 1 rings (SSSR count). The average molecular weight is 283 g/mol. The van der Waals surface area contributed by atoms with Crippen molar-refractivity contribution in [3.8, 4) is 0 Å². The number of benzene rings is 1. The molecule has 0 atom stereocenters. The van der Waals surface area contributed by atoms with E-state index in [2.05, 4.69) is 61.8 Å². The Morgan fingerprint density at radius 1 is 1.00 bits per heavy atom. The first-order chi connectivity index (χ1) is 7.55. The van der Waals surface area contributed by atoms with Gasteiger partial charge in [0.15, 0.2) is 0 Å². The van der Waals surface area contributed by atoms with Gasteiger partial charge in [0.25, 0.3) is 0 Å². The summed E-state index contributed by atoms with van der Waals surface area (Å²) in [7, 11) is 0.